The first-order chi connectivity index (χ1) is 11.1. The van der Waals surface area contributed by atoms with E-state index in [2.05, 4.69) is 86.3 Å². The number of hydrogen-bond acceptors (Lipinski definition) is 0. The van der Waals surface area contributed by atoms with Crippen LogP contribution >= 0.6 is 24.8 Å². The maximum Gasteiger partial charge on any atom is -0.147 e. The fraction of sp³-hybridized carbons (Fsp3) is 0.364. The molecule has 0 N–H and O–H groups in total. The van der Waals surface area contributed by atoms with E-state index in [1.807, 2.05) is 3.28 Å². The second-order valence-electron chi connectivity index (χ2n) is 8.74. The molecule has 3 rings (SSSR count). The van der Waals surface area contributed by atoms with E-state index in [9.17, 15) is 0 Å². The predicted molar refractivity (Wildman–Crippen MR) is 122 cm³/mol. The van der Waals surface area contributed by atoms with Gasteiger partial charge in [-0.3, -0.25) is 0 Å². The molecule has 1 atom stereocenters. The van der Waals surface area contributed by atoms with E-state index in [1.54, 1.807) is 8.85 Å². The molecule has 0 amide bonds. The molecule has 26 heavy (non-hydrogen) atoms. The molecule has 0 heterocycles. The van der Waals surface area contributed by atoms with Crippen molar-refractivity contribution < 1.29 is 17.4 Å². The minimum Gasteiger partial charge on any atom is -0.147 e. The Bertz CT molecular complexity index is 895. The topological polar surface area (TPSA) is 0 Å². The molecule has 4 heteroatoms. The maximum absolute atomic E-state index is 3.10. The minimum absolute atomic E-state index is 0. The van der Waals surface area contributed by atoms with Crippen molar-refractivity contribution in [3.05, 3.63) is 71.3 Å². The van der Waals surface area contributed by atoms with Gasteiger partial charge in [-0.2, -0.15) is 0 Å². The Labute approximate surface area is 174 Å². The molecule has 0 aliphatic heterocycles. The smallest absolute Gasteiger partial charge is 0.147 e. The summed E-state index contributed by atoms with van der Waals surface area (Å²) in [6.45, 7) is 11.8. The SMILES string of the molecule is CC1=CC(C)[C]([Zr]([CH3])([CH3])(=[SiH2])[C]2=C(C)C=C(c3ccccc3)C2)=C1C.Cl.Cl. The Kier molecular flexibility index (Phi) is 7.42. The Morgan fingerprint density at radius 1 is 1.00 bits per heavy atom. The summed E-state index contributed by atoms with van der Waals surface area (Å²) in [7, 11) is 0. The van der Waals surface area contributed by atoms with Gasteiger partial charge in [0, 0.05) is 0 Å². The van der Waals surface area contributed by atoms with Crippen LogP contribution < -0.4 is 0 Å². The first-order valence-electron chi connectivity index (χ1n) is 9.04. The fourth-order valence-electron chi connectivity index (χ4n) is 5.11. The van der Waals surface area contributed by atoms with Crippen LogP contribution in [-0.4, -0.2) is 6.88 Å². The summed E-state index contributed by atoms with van der Waals surface area (Å²) < 4.78 is 8.91. The standard InChI is InChI=1S/C12H11.C8H11.2CH3.2ClH.H2Si.Zr/c1-10-7-8-12(9-10)11-5-3-2-4-6-11;1-6-4-7(2)8(3)5-6;;;;;;/h2-6,9H,8H2,1H3;4,6H,1-3H3;2*1H3;2*1H;1H2;. The van der Waals surface area contributed by atoms with E-state index < -0.39 is 17.4 Å². The second kappa shape index (κ2) is 8.08. The van der Waals surface area contributed by atoms with Gasteiger partial charge in [-0.1, -0.05) is 0 Å². The first kappa shape index (κ1) is 23.9. The zero-order valence-corrected chi connectivity index (χ0v) is 22.4. The van der Waals surface area contributed by atoms with E-state index in [4.69, 9.17) is 0 Å². The number of hydrogen-bond donors (Lipinski definition) is 0. The van der Waals surface area contributed by atoms with Crippen molar-refractivity contribution in [2.45, 2.75) is 43.4 Å². The van der Waals surface area contributed by atoms with E-state index in [0.29, 0.717) is 5.92 Å². The molecule has 0 radical (unpaired) electrons. The van der Waals surface area contributed by atoms with Crippen LogP contribution in [0.25, 0.3) is 5.57 Å². The van der Waals surface area contributed by atoms with Crippen molar-refractivity contribution in [2.24, 2.45) is 5.92 Å². The van der Waals surface area contributed by atoms with Gasteiger partial charge >= 0.3 is 150 Å². The maximum atomic E-state index is 2.65. The van der Waals surface area contributed by atoms with Crippen molar-refractivity contribution in [3.8, 4) is 0 Å². The van der Waals surface area contributed by atoms with Crippen LogP contribution in [0.1, 0.15) is 39.7 Å². The van der Waals surface area contributed by atoms with Crippen molar-refractivity contribution in [3.63, 3.8) is 0 Å². The molecule has 1 unspecified atom stereocenters. The Hall–Kier alpha value is -0.140. The Morgan fingerprint density at radius 2 is 1.58 bits per heavy atom. The zero-order chi connectivity index (χ0) is 17.7. The molecule has 0 saturated carbocycles. The monoisotopic (exact) mass is 484 g/mol. The summed E-state index contributed by atoms with van der Waals surface area (Å²) in [5.41, 5.74) is 7.52. The largest absolute Gasteiger partial charge is 0.147 e. The molecule has 0 spiro atoms. The molecule has 1 aromatic carbocycles. The quantitative estimate of drug-likeness (QED) is 0.413. The molecule has 0 nitrogen and oxygen atoms in total. The number of allylic oxidation sites excluding steroid dienone is 8. The van der Waals surface area contributed by atoms with E-state index in [-0.39, 0.29) is 24.8 Å². The van der Waals surface area contributed by atoms with Gasteiger partial charge in [-0.05, 0) is 0 Å². The predicted octanol–water partition coefficient (Wildman–Crippen LogP) is 6.80. The molecule has 142 valence electrons. The second-order valence-corrected chi connectivity index (χ2v) is 37.3. The number of rotatable bonds is 3. The molecular formula is C22H32Cl2SiZr. The molecule has 1 aromatic rings. The van der Waals surface area contributed by atoms with Crippen LogP contribution in [0.4, 0.5) is 0 Å². The average Bonchev–Trinajstić information content (AvgIpc) is 3.01. The van der Waals surface area contributed by atoms with Gasteiger partial charge < -0.3 is 0 Å². The fourth-order valence-corrected chi connectivity index (χ4v) is 24.2. The van der Waals surface area contributed by atoms with E-state index in [1.165, 1.54) is 22.3 Å². The summed E-state index contributed by atoms with van der Waals surface area (Å²) >= 11 is -3.10. The van der Waals surface area contributed by atoms with Gasteiger partial charge in [0.05, 0.1) is 0 Å². The van der Waals surface area contributed by atoms with Gasteiger partial charge in [0.25, 0.3) is 0 Å². The molecule has 0 fully saturated rings. The first-order valence-corrected chi connectivity index (χ1v) is 22.3. The van der Waals surface area contributed by atoms with Gasteiger partial charge in [0.1, 0.15) is 0 Å². The summed E-state index contributed by atoms with van der Waals surface area (Å²) in [5.74, 6) is 0.615. The molecule has 0 aromatic heterocycles. The van der Waals surface area contributed by atoms with Crippen molar-refractivity contribution in [1.29, 1.82) is 0 Å². The Balaban J connectivity index is 0.00000169. The van der Waals surface area contributed by atoms with E-state index >= 15 is 0 Å². The van der Waals surface area contributed by atoms with Crippen molar-refractivity contribution in [1.82, 2.24) is 0 Å². The van der Waals surface area contributed by atoms with Gasteiger partial charge in [0.15, 0.2) is 0 Å². The molecular weight excluding hydrogens is 454 g/mol. The van der Waals surface area contributed by atoms with Crippen molar-refractivity contribution in [2.75, 3.05) is 0 Å². The molecule has 2 aliphatic rings. The third kappa shape index (κ3) is 4.00. The third-order valence-electron chi connectivity index (χ3n) is 6.16. The van der Waals surface area contributed by atoms with Crippen LogP contribution in [-0.2, 0) is 17.4 Å². The summed E-state index contributed by atoms with van der Waals surface area (Å²) in [4.78, 5) is 0. The van der Waals surface area contributed by atoms with Crippen LogP contribution in [0.3, 0.4) is 0 Å². The van der Waals surface area contributed by atoms with Gasteiger partial charge in [0.2, 0.25) is 0 Å². The molecule has 0 bridgehead atoms. The van der Waals surface area contributed by atoms with Crippen LogP contribution in [0, 0.1) is 5.92 Å². The van der Waals surface area contributed by atoms with Crippen LogP contribution in [0.15, 0.2) is 65.8 Å². The number of benzene rings is 1. The third-order valence-corrected chi connectivity index (χ3v) is 23.4. The summed E-state index contributed by atoms with van der Waals surface area (Å²) in [5, 5.41) is 0. The van der Waals surface area contributed by atoms with E-state index in [0.717, 1.165) is 6.42 Å². The normalized spacial score (nSPS) is 20.5. The van der Waals surface area contributed by atoms with Gasteiger partial charge in [-0.15, -0.1) is 24.8 Å². The Morgan fingerprint density at radius 3 is 2.08 bits per heavy atom. The molecule has 0 saturated heterocycles. The summed E-state index contributed by atoms with van der Waals surface area (Å²) in [6, 6.07) is 10.9. The minimum atomic E-state index is -3.10. The van der Waals surface area contributed by atoms with Crippen LogP contribution in [0.2, 0.25) is 9.26 Å². The molecule has 2 aliphatic carbocycles. The summed E-state index contributed by atoms with van der Waals surface area (Å²) in [6.07, 6.45) is 6.09. The average molecular weight is 487 g/mol. The zero-order valence-electron chi connectivity index (χ0n) is 16.8. The van der Waals surface area contributed by atoms with Crippen molar-refractivity contribution >= 4 is 37.3 Å². The van der Waals surface area contributed by atoms with Crippen LogP contribution in [0.5, 0.6) is 0 Å². The van der Waals surface area contributed by atoms with Gasteiger partial charge in [-0.25, -0.2) is 0 Å². The number of halogens is 2.